The lowest BCUT2D eigenvalue weighted by molar-refractivity contribution is -0.134. The van der Waals surface area contributed by atoms with E-state index in [0.29, 0.717) is 30.9 Å². The van der Waals surface area contributed by atoms with Crippen LogP contribution in [0.3, 0.4) is 0 Å². The molecule has 1 heterocycles. The minimum atomic E-state index is -1.11. The van der Waals surface area contributed by atoms with Gasteiger partial charge in [0.25, 0.3) is 0 Å². The molecule has 0 N–H and O–H groups in total. The largest absolute Gasteiger partial charge is 0.494 e. The van der Waals surface area contributed by atoms with E-state index in [-0.39, 0.29) is 17.6 Å². The van der Waals surface area contributed by atoms with Gasteiger partial charge in [-0.2, -0.15) is 0 Å². The second kappa shape index (κ2) is 8.80. The summed E-state index contributed by atoms with van der Waals surface area (Å²) >= 11 is 0. The number of fused-ring (bicyclic) bond motifs is 5. The molecule has 3 aromatic rings. The number of imide groups is 1. The lowest BCUT2D eigenvalue weighted by Crippen LogP contribution is -2.41. The molecule has 2 amide bonds. The van der Waals surface area contributed by atoms with Gasteiger partial charge in [0.15, 0.2) is 5.78 Å². The minimum Gasteiger partial charge on any atom is -0.494 e. The summed E-state index contributed by atoms with van der Waals surface area (Å²) in [6, 6.07) is 26.9. The highest BCUT2D eigenvalue weighted by molar-refractivity contribution is 6.34. The summed E-state index contributed by atoms with van der Waals surface area (Å²) < 4.78 is 5.56. The van der Waals surface area contributed by atoms with Gasteiger partial charge in [0, 0.05) is 0 Å². The van der Waals surface area contributed by atoms with E-state index in [1.54, 1.807) is 24.3 Å². The highest BCUT2D eigenvalue weighted by Gasteiger charge is 2.80. The first-order chi connectivity index (χ1) is 18.4. The highest BCUT2D eigenvalue weighted by atomic mass is 16.5. The topological polar surface area (TPSA) is 63.7 Å². The zero-order valence-electron chi connectivity index (χ0n) is 21.9. The maximum absolute atomic E-state index is 14.7. The maximum atomic E-state index is 14.7. The number of nitrogens with zero attached hydrogens (tertiary/aromatic N) is 1. The molecule has 1 aliphatic heterocycles. The Hall–Kier alpha value is -3.99. The average Bonchev–Trinajstić information content (AvgIpc) is 3.40. The molecular formula is C33H31NO4. The van der Waals surface area contributed by atoms with Crippen LogP contribution in [0.5, 0.6) is 5.75 Å². The number of anilines is 1. The predicted molar refractivity (Wildman–Crippen MR) is 147 cm³/mol. The van der Waals surface area contributed by atoms with Crippen molar-refractivity contribution in [3.8, 4) is 5.75 Å². The van der Waals surface area contributed by atoms with E-state index in [2.05, 4.69) is 0 Å². The Morgan fingerprint density at radius 3 is 1.84 bits per heavy atom. The van der Waals surface area contributed by atoms with Crippen LogP contribution in [-0.2, 0) is 14.4 Å². The third-order valence-electron chi connectivity index (χ3n) is 8.73. The van der Waals surface area contributed by atoms with Crippen LogP contribution in [0.1, 0.15) is 44.7 Å². The lowest BCUT2D eigenvalue weighted by Gasteiger charge is -2.37. The van der Waals surface area contributed by atoms with Gasteiger partial charge in [0.05, 0.1) is 35.0 Å². The Labute approximate surface area is 223 Å². The number of hydrogen-bond acceptors (Lipinski definition) is 4. The molecule has 38 heavy (non-hydrogen) atoms. The number of amides is 2. The normalized spacial score (nSPS) is 27.9. The number of ketones is 1. The Bertz CT molecular complexity index is 1460. The van der Waals surface area contributed by atoms with Crippen LogP contribution in [0.15, 0.2) is 84.9 Å². The highest BCUT2D eigenvalue weighted by Crippen LogP contribution is 2.74. The zero-order valence-corrected chi connectivity index (χ0v) is 21.9. The zero-order chi connectivity index (χ0) is 26.7. The fourth-order valence-electron chi connectivity index (χ4n) is 7.47. The molecule has 2 aliphatic carbocycles. The van der Waals surface area contributed by atoms with Crippen LogP contribution >= 0.6 is 0 Å². The molecule has 3 aromatic carbocycles. The molecule has 4 atom stereocenters. The van der Waals surface area contributed by atoms with Crippen molar-refractivity contribution in [3.05, 3.63) is 96.1 Å². The summed E-state index contributed by atoms with van der Waals surface area (Å²) in [7, 11) is 0. The van der Waals surface area contributed by atoms with Gasteiger partial charge in [-0.3, -0.25) is 14.4 Å². The number of Topliss-reactive ketones (excluding diaryl/α,β-unsaturated/α-hetero) is 1. The van der Waals surface area contributed by atoms with Gasteiger partial charge < -0.3 is 4.74 Å². The molecule has 0 aromatic heterocycles. The lowest BCUT2D eigenvalue weighted by atomic mass is 9.61. The van der Waals surface area contributed by atoms with Crippen molar-refractivity contribution in [2.45, 2.75) is 33.6 Å². The van der Waals surface area contributed by atoms with Crippen LogP contribution < -0.4 is 9.64 Å². The number of carbonyl (C=O) groups is 3. The number of benzene rings is 3. The van der Waals surface area contributed by atoms with Crippen LogP contribution in [0.25, 0.3) is 11.1 Å². The summed E-state index contributed by atoms with van der Waals surface area (Å²) in [6.45, 7) is 6.38. The second-order valence-electron chi connectivity index (χ2n) is 10.6. The minimum absolute atomic E-state index is 0.00704. The molecular weight excluding hydrogens is 474 g/mol. The van der Waals surface area contributed by atoms with E-state index in [0.717, 1.165) is 22.3 Å². The van der Waals surface area contributed by atoms with Gasteiger partial charge in [0.1, 0.15) is 5.75 Å². The van der Waals surface area contributed by atoms with Gasteiger partial charge in [-0.05, 0) is 66.8 Å². The molecule has 5 nitrogen and oxygen atoms in total. The third kappa shape index (κ3) is 3.02. The third-order valence-corrected chi connectivity index (χ3v) is 8.73. The Morgan fingerprint density at radius 2 is 1.29 bits per heavy atom. The predicted octanol–water partition coefficient (Wildman–Crippen LogP) is 6.19. The molecule has 1 saturated carbocycles. The Morgan fingerprint density at radius 1 is 0.737 bits per heavy atom. The van der Waals surface area contributed by atoms with Gasteiger partial charge in [-0.25, -0.2) is 4.90 Å². The molecule has 0 unspecified atom stereocenters. The molecule has 3 aliphatic rings. The molecule has 2 bridgehead atoms. The molecule has 2 fully saturated rings. The molecule has 0 spiro atoms. The van der Waals surface area contributed by atoms with Crippen molar-refractivity contribution in [2.24, 2.45) is 22.7 Å². The summed E-state index contributed by atoms with van der Waals surface area (Å²) in [5, 5.41) is 0. The van der Waals surface area contributed by atoms with Crippen molar-refractivity contribution in [3.63, 3.8) is 0 Å². The van der Waals surface area contributed by atoms with Crippen molar-refractivity contribution in [1.82, 2.24) is 0 Å². The monoisotopic (exact) mass is 505 g/mol. The number of allylic oxidation sites excluding steroid dienone is 2. The average molecular weight is 506 g/mol. The maximum Gasteiger partial charge on any atom is 0.239 e. The molecule has 0 radical (unpaired) electrons. The molecule has 1 saturated heterocycles. The summed E-state index contributed by atoms with van der Waals surface area (Å²) in [5.74, 6) is -1.37. The van der Waals surface area contributed by atoms with E-state index >= 15 is 0 Å². The van der Waals surface area contributed by atoms with Crippen molar-refractivity contribution >= 4 is 34.4 Å². The standard InChI is InChI=1S/C33H31NO4/c1-4-20-33-26(22-14-10-7-11-15-22)25(21-12-8-6-9-13-21)32(3,31(33)37)27-28(33)30(36)34(29(27)35)23-16-18-24(19-17-23)38-5-2/h6-19,27-28H,4-5,20H2,1-3H3/t27-,28-,32-,33-/m0/s1. The summed E-state index contributed by atoms with van der Waals surface area (Å²) in [6.07, 6.45) is 1.23. The van der Waals surface area contributed by atoms with Gasteiger partial charge in [0.2, 0.25) is 11.8 Å². The van der Waals surface area contributed by atoms with Crippen molar-refractivity contribution in [1.29, 1.82) is 0 Å². The molecule has 6 rings (SSSR count). The fourth-order valence-corrected chi connectivity index (χ4v) is 7.47. The SMILES string of the molecule is CCC[C@]12C(=O)[C@@](C)(C(c3ccccc3)=C1c1ccccc1)[C@@H]1C(=O)N(c3ccc(OCC)cc3)C(=O)[C@H]12. The quantitative estimate of drug-likeness (QED) is 0.359. The molecule has 192 valence electrons. The van der Waals surface area contributed by atoms with E-state index in [1.165, 1.54) is 4.90 Å². The van der Waals surface area contributed by atoms with E-state index in [1.807, 2.05) is 81.4 Å². The first-order valence-corrected chi connectivity index (χ1v) is 13.4. The van der Waals surface area contributed by atoms with Gasteiger partial charge >= 0.3 is 0 Å². The second-order valence-corrected chi connectivity index (χ2v) is 10.6. The number of rotatable bonds is 7. The van der Waals surface area contributed by atoms with E-state index in [9.17, 15) is 14.4 Å². The number of hydrogen-bond donors (Lipinski definition) is 0. The Balaban J connectivity index is 1.59. The molecule has 5 heteroatoms. The smallest absolute Gasteiger partial charge is 0.239 e. The fraction of sp³-hybridized carbons (Fsp3) is 0.303. The van der Waals surface area contributed by atoms with Crippen LogP contribution in [0, 0.1) is 22.7 Å². The number of carbonyl (C=O) groups excluding carboxylic acids is 3. The van der Waals surface area contributed by atoms with Gasteiger partial charge in [-0.15, -0.1) is 0 Å². The Kier molecular flexibility index (Phi) is 5.64. The van der Waals surface area contributed by atoms with Crippen LogP contribution in [-0.4, -0.2) is 24.2 Å². The van der Waals surface area contributed by atoms with Crippen LogP contribution in [0.2, 0.25) is 0 Å². The summed E-state index contributed by atoms with van der Waals surface area (Å²) in [4.78, 5) is 44.5. The van der Waals surface area contributed by atoms with Gasteiger partial charge in [-0.1, -0.05) is 74.0 Å². The van der Waals surface area contributed by atoms with E-state index < -0.39 is 22.7 Å². The number of ether oxygens (including phenoxy) is 1. The first-order valence-electron chi connectivity index (χ1n) is 13.4. The van der Waals surface area contributed by atoms with Crippen molar-refractivity contribution < 1.29 is 19.1 Å². The van der Waals surface area contributed by atoms with E-state index in [4.69, 9.17) is 4.74 Å². The van der Waals surface area contributed by atoms with Crippen molar-refractivity contribution in [2.75, 3.05) is 11.5 Å². The van der Waals surface area contributed by atoms with Crippen LogP contribution in [0.4, 0.5) is 5.69 Å². The first kappa shape index (κ1) is 24.4. The summed E-state index contributed by atoms with van der Waals surface area (Å²) in [5.41, 5.74) is 2.01.